The Morgan fingerprint density at radius 1 is 1.29 bits per heavy atom. The maximum Gasteiger partial charge on any atom is 0.417 e. The number of anilines is 1. The number of nitriles is 1. The summed E-state index contributed by atoms with van der Waals surface area (Å²) in [4.78, 5) is 16.4. The number of halogens is 3. The SMILES string of the molecule is COc1ccc(-c2cc(C(F)(F)F)c(C#N)c(SCC(=O)Nc3cc(C)on3)n2)cc1. The summed E-state index contributed by atoms with van der Waals surface area (Å²) in [7, 11) is 1.47. The predicted octanol–water partition coefficient (Wildman–Crippen LogP) is 4.67. The molecule has 2 aromatic heterocycles. The van der Waals surface area contributed by atoms with E-state index in [1.54, 1.807) is 37.3 Å². The Labute approximate surface area is 179 Å². The molecule has 7 nitrogen and oxygen atoms in total. The van der Waals surface area contributed by atoms with Crippen LogP contribution in [0.15, 0.2) is 45.9 Å². The minimum Gasteiger partial charge on any atom is -0.497 e. The minimum atomic E-state index is -4.77. The summed E-state index contributed by atoms with van der Waals surface area (Å²) < 4.78 is 50.7. The molecule has 1 N–H and O–H groups in total. The van der Waals surface area contributed by atoms with Crippen LogP contribution in [0.3, 0.4) is 0 Å². The van der Waals surface area contributed by atoms with Crippen molar-refractivity contribution in [1.82, 2.24) is 10.1 Å². The first-order valence-corrected chi connectivity index (χ1v) is 9.72. The predicted molar refractivity (Wildman–Crippen MR) is 107 cm³/mol. The highest BCUT2D eigenvalue weighted by atomic mass is 32.2. The van der Waals surface area contributed by atoms with Gasteiger partial charge in [0.05, 0.1) is 29.7 Å². The Balaban J connectivity index is 1.93. The van der Waals surface area contributed by atoms with Crippen molar-refractivity contribution in [2.24, 2.45) is 0 Å². The number of thioether (sulfide) groups is 1. The van der Waals surface area contributed by atoms with E-state index < -0.39 is 23.2 Å². The maximum absolute atomic E-state index is 13.6. The number of hydrogen-bond acceptors (Lipinski definition) is 7. The van der Waals surface area contributed by atoms with Crippen molar-refractivity contribution < 1.29 is 27.2 Å². The van der Waals surface area contributed by atoms with Gasteiger partial charge in [-0.2, -0.15) is 18.4 Å². The van der Waals surface area contributed by atoms with Gasteiger partial charge in [0.15, 0.2) is 5.82 Å². The number of methoxy groups -OCH3 is 1. The van der Waals surface area contributed by atoms with Crippen LogP contribution in [-0.4, -0.2) is 28.9 Å². The van der Waals surface area contributed by atoms with Crippen LogP contribution in [0, 0.1) is 18.3 Å². The number of carbonyl (C=O) groups is 1. The summed E-state index contributed by atoms with van der Waals surface area (Å²) in [5.41, 5.74) is -1.34. The van der Waals surface area contributed by atoms with Crippen LogP contribution >= 0.6 is 11.8 Å². The molecule has 31 heavy (non-hydrogen) atoms. The molecule has 1 aromatic carbocycles. The van der Waals surface area contributed by atoms with Crippen molar-refractivity contribution >= 4 is 23.5 Å². The highest BCUT2D eigenvalue weighted by Gasteiger charge is 2.36. The van der Waals surface area contributed by atoms with Crippen molar-refractivity contribution in [2.45, 2.75) is 18.1 Å². The number of nitrogens with zero attached hydrogens (tertiary/aromatic N) is 3. The smallest absolute Gasteiger partial charge is 0.417 e. The summed E-state index contributed by atoms with van der Waals surface area (Å²) >= 11 is 0.724. The number of alkyl halides is 3. The zero-order valence-electron chi connectivity index (χ0n) is 16.3. The molecule has 0 spiro atoms. The van der Waals surface area contributed by atoms with Gasteiger partial charge in [-0.15, -0.1) is 0 Å². The molecule has 0 radical (unpaired) electrons. The van der Waals surface area contributed by atoms with Gasteiger partial charge in [-0.05, 0) is 37.3 Å². The van der Waals surface area contributed by atoms with E-state index in [0.29, 0.717) is 17.1 Å². The van der Waals surface area contributed by atoms with Crippen LogP contribution < -0.4 is 10.1 Å². The monoisotopic (exact) mass is 448 g/mol. The third-order valence-electron chi connectivity index (χ3n) is 4.02. The molecular weight excluding hydrogens is 433 g/mol. The minimum absolute atomic E-state index is 0.0176. The van der Waals surface area contributed by atoms with Gasteiger partial charge in [0.2, 0.25) is 5.91 Å². The molecule has 0 unspecified atom stereocenters. The van der Waals surface area contributed by atoms with Crippen LogP contribution in [0.1, 0.15) is 16.9 Å². The lowest BCUT2D eigenvalue weighted by Gasteiger charge is -2.14. The van der Waals surface area contributed by atoms with Crippen LogP contribution in [0.5, 0.6) is 5.75 Å². The van der Waals surface area contributed by atoms with Crippen molar-refractivity contribution in [3.63, 3.8) is 0 Å². The van der Waals surface area contributed by atoms with Crippen LogP contribution in [0.2, 0.25) is 0 Å². The number of carbonyl (C=O) groups excluding carboxylic acids is 1. The number of ether oxygens (including phenoxy) is 1. The molecule has 0 fully saturated rings. The number of nitrogens with one attached hydrogen (secondary N) is 1. The zero-order chi connectivity index (χ0) is 22.6. The lowest BCUT2D eigenvalue weighted by atomic mass is 10.1. The molecule has 0 saturated heterocycles. The zero-order valence-corrected chi connectivity index (χ0v) is 17.1. The summed E-state index contributed by atoms with van der Waals surface area (Å²) in [5, 5.41) is 15.2. The summed E-state index contributed by atoms with van der Waals surface area (Å²) in [6, 6.07) is 10.2. The van der Waals surface area contributed by atoms with E-state index in [4.69, 9.17) is 9.26 Å². The fourth-order valence-electron chi connectivity index (χ4n) is 2.61. The van der Waals surface area contributed by atoms with E-state index in [-0.39, 0.29) is 22.3 Å². The lowest BCUT2D eigenvalue weighted by Crippen LogP contribution is -2.15. The van der Waals surface area contributed by atoms with Gasteiger partial charge in [0.25, 0.3) is 0 Å². The fraction of sp³-hybridized carbons (Fsp3) is 0.200. The van der Waals surface area contributed by atoms with Crippen molar-refractivity contribution in [1.29, 1.82) is 5.26 Å². The number of rotatable bonds is 6. The Kier molecular flexibility index (Phi) is 6.50. The molecule has 0 aliphatic rings. The first-order chi connectivity index (χ1) is 14.7. The summed E-state index contributed by atoms with van der Waals surface area (Å²) in [6.07, 6.45) is -4.77. The molecule has 160 valence electrons. The van der Waals surface area contributed by atoms with E-state index in [0.717, 1.165) is 17.8 Å². The van der Waals surface area contributed by atoms with E-state index in [1.807, 2.05) is 0 Å². The Morgan fingerprint density at radius 3 is 2.55 bits per heavy atom. The molecule has 11 heteroatoms. The average molecular weight is 448 g/mol. The second-order valence-electron chi connectivity index (χ2n) is 6.23. The second kappa shape index (κ2) is 9.09. The summed E-state index contributed by atoms with van der Waals surface area (Å²) in [5.74, 6) is 0.380. The highest BCUT2D eigenvalue weighted by Crippen LogP contribution is 2.38. The molecule has 0 saturated carbocycles. The third kappa shape index (κ3) is 5.35. The normalized spacial score (nSPS) is 11.1. The molecule has 0 aliphatic carbocycles. The molecule has 3 rings (SSSR count). The second-order valence-corrected chi connectivity index (χ2v) is 7.20. The van der Waals surface area contributed by atoms with Crippen molar-refractivity contribution in [2.75, 3.05) is 18.2 Å². The van der Waals surface area contributed by atoms with Gasteiger partial charge in [0.1, 0.15) is 22.6 Å². The number of aromatic nitrogens is 2. The molecule has 0 aliphatic heterocycles. The Bertz CT molecular complexity index is 1140. The molecule has 1 amide bonds. The fourth-order valence-corrected chi connectivity index (χ4v) is 3.41. The number of pyridine rings is 1. The molecule has 0 atom stereocenters. The maximum atomic E-state index is 13.6. The van der Waals surface area contributed by atoms with Crippen LogP contribution in [0.4, 0.5) is 19.0 Å². The van der Waals surface area contributed by atoms with E-state index in [1.165, 1.54) is 13.2 Å². The van der Waals surface area contributed by atoms with Gasteiger partial charge < -0.3 is 14.6 Å². The number of aryl methyl sites for hydroxylation is 1. The lowest BCUT2D eigenvalue weighted by molar-refractivity contribution is -0.138. The Morgan fingerprint density at radius 2 is 2.00 bits per heavy atom. The number of amides is 1. The first-order valence-electron chi connectivity index (χ1n) is 8.74. The largest absolute Gasteiger partial charge is 0.497 e. The van der Waals surface area contributed by atoms with Gasteiger partial charge in [0, 0.05) is 11.6 Å². The van der Waals surface area contributed by atoms with E-state index >= 15 is 0 Å². The first kappa shape index (κ1) is 22.2. The highest BCUT2D eigenvalue weighted by molar-refractivity contribution is 8.00. The van der Waals surface area contributed by atoms with Gasteiger partial charge in [-0.1, -0.05) is 16.9 Å². The number of benzene rings is 1. The molecule has 0 bridgehead atoms. The quantitative estimate of drug-likeness (QED) is 0.547. The number of hydrogen-bond donors (Lipinski definition) is 1. The standard InChI is InChI=1S/C20H15F3N4O3S/c1-11-7-17(27-30-11)26-18(28)10-31-19-14(9-24)15(20(21,22)23)8-16(25-19)12-3-5-13(29-2)6-4-12/h3-8H,10H2,1-2H3,(H,26,27,28). The van der Waals surface area contributed by atoms with E-state index in [9.17, 15) is 23.2 Å². The summed E-state index contributed by atoms with van der Waals surface area (Å²) in [6.45, 7) is 1.64. The third-order valence-corrected chi connectivity index (χ3v) is 5.00. The van der Waals surface area contributed by atoms with Crippen LogP contribution in [0.25, 0.3) is 11.3 Å². The Hall–Kier alpha value is -3.52. The van der Waals surface area contributed by atoms with Crippen LogP contribution in [-0.2, 0) is 11.0 Å². The van der Waals surface area contributed by atoms with Gasteiger partial charge in [-0.3, -0.25) is 4.79 Å². The van der Waals surface area contributed by atoms with Crippen molar-refractivity contribution in [3.8, 4) is 23.1 Å². The average Bonchev–Trinajstić information content (AvgIpc) is 3.15. The van der Waals surface area contributed by atoms with Gasteiger partial charge in [-0.25, -0.2) is 4.98 Å². The van der Waals surface area contributed by atoms with Crippen molar-refractivity contribution in [3.05, 3.63) is 53.3 Å². The molecule has 2 heterocycles. The van der Waals surface area contributed by atoms with E-state index in [2.05, 4.69) is 15.5 Å². The van der Waals surface area contributed by atoms with Gasteiger partial charge >= 0.3 is 6.18 Å². The molecule has 3 aromatic rings. The topological polar surface area (TPSA) is 101 Å². The molecular formula is C20H15F3N4O3S.